The molecule has 2 fully saturated rings. The van der Waals surface area contributed by atoms with Crippen LogP contribution in [0, 0.1) is 5.82 Å². The van der Waals surface area contributed by atoms with Crippen LogP contribution < -0.4 is 0 Å². The average Bonchev–Trinajstić information content (AvgIpc) is 2.81. The Morgan fingerprint density at radius 3 is 2.56 bits per heavy atom. The highest BCUT2D eigenvalue weighted by Gasteiger charge is 2.54. The molecule has 32 heavy (non-hydrogen) atoms. The minimum absolute atomic E-state index is 0.0202. The van der Waals surface area contributed by atoms with Crippen molar-refractivity contribution in [2.75, 3.05) is 19.7 Å². The molecule has 3 heterocycles. The maximum atomic E-state index is 13.6. The summed E-state index contributed by atoms with van der Waals surface area (Å²) in [6, 6.07) is 18.7. The van der Waals surface area contributed by atoms with E-state index >= 15 is 0 Å². The Morgan fingerprint density at radius 2 is 1.88 bits per heavy atom. The van der Waals surface area contributed by atoms with Gasteiger partial charge in [-0.05, 0) is 41.0 Å². The quantitative estimate of drug-likeness (QED) is 0.690. The summed E-state index contributed by atoms with van der Waals surface area (Å²) >= 11 is 0. The molecule has 2 amide bonds. The Morgan fingerprint density at radius 1 is 1.06 bits per heavy atom. The van der Waals surface area contributed by atoms with Crippen LogP contribution in [0.15, 0.2) is 72.9 Å². The van der Waals surface area contributed by atoms with Gasteiger partial charge < -0.3 is 14.9 Å². The molecule has 7 heteroatoms. The van der Waals surface area contributed by atoms with Crippen LogP contribution in [-0.2, 0) is 4.79 Å². The number of benzene rings is 2. The number of aliphatic hydroxyl groups is 1. The normalized spacial score (nSPS) is 22.3. The minimum atomic E-state index is -0.320. The Bertz CT molecular complexity index is 1150. The first-order valence-electron chi connectivity index (χ1n) is 10.5. The van der Waals surface area contributed by atoms with Crippen LogP contribution in [0.25, 0.3) is 11.1 Å². The molecule has 162 valence electrons. The first kappa shape index (κ1) is 20.3. The summed E-state index contributed by atoms with van der Waals surface area (Å²) in [6.07, 6.45) is 1.55. The Kier molecular flexibility index (Phi) is 5.19. The number of hydrogen-bond donors (Lipinski definition) is 1. The van der Waals surface area contributed by atoms with E-state index in [0.29, 0.717) is 12.2 Å². The molecule has 2 aromatic carbocycles. The lowest BCUT2D eigenvalue weighted by Crippen LogP contribution is -2.73. The lowest BCUT2D eigenvalue weighted by molar-refractivity contribution is -0.159. The third-order valence-electron chi connectivity index (χ3n) is 6.38. The van der Waals surface area contributed by atoms with Crippen molar-refractivity contribution in [3.63, 3.8) is 0 Å². The van der Waals surface area contributed by atoms with Gasteiger partial charge >= 0.3 is 0 Å². The number of aliphatic hydroxyl groups excluding tert-OH is 1. The number of piperazine rings is 1. The molecular formula is C25H22FN3O3. The summed E-state index contributed by atoms with van der Waals surface area (Å²) < 4.78 is 13.6. The standard InChI is InChI=1S/C25H22FN3O3/c26-19-5-3-4-18(12-19)16-7-9-17(10-8-16)24-21-13-28(14-23(31)29(21)22(24)15-30)25(32)20-6-1-2-11-27-20/h1-12,21-22,24,30H,13-15H2/t21-,22+,24+/m0/s1. The van der Waals surface area contributed by atoms with Crippen LogP contribution >= 0.6 is 0 Å². The zero-order valence-electron chi connectivity index (χ0n) is 17.3. The summed E-state index contributed by atoms with van der Waals surface area (Å²) in [6.45, 7) is 0.217. The summed E-state index contributed by atoms with van der Waals surface area (Å²) in [5, 5.41) is 9.96. The van der Waals surface area contributed by atoms with Crippen molar-refractivity contribution < 1.29 is 19.1 Å². The van der Waals surface area contributed by atoms with Crippen molar-refractivity contribution in [3.8, 4) is 11.1 Å². The van der Waals surface area contributed by atoms with E-state index in [1.807, 2.05) is 30.3 Å². The monoisotopic (exact) mass is 431 g/mol. The van der Waals surface area contributed by atoms with Gasteiger partial charge in [0.2, 0.25) is 5.91 Å². The van der Waals surface area contributed by atoms with Gasteiger partial charge in [0.15, 0.2) is 0 Å². The molecule has 1 N–H and O–H groups in total. The topological polar surface area (TPSA) is 73.7 Å². The van der Waals surface area contributed by atoms with Crippen molar-refractivity contribution in [1.29, 1.82) is 0 Å². The van der Waals surface area contributed by atoms with Gasteiger partial charge in [0.1, 0.15) is 18.1 Å². The maximum absolute atomic E-state index is 13.6. The number of pyridine rings is 1. The number of carbonyl (C=O) groups excluding carboxylic acids is 2. The molecule has 1 aromatic heterocycles. The fourth-order valence-electron chi connectivity index (χ4n) is 4.87. The second kappa shape index (κ2) is 8.16. The van der Waals surface area contributed by atoms with Crippen LogP contribution in [0.5, 0.6) is 0 Å². The van der Waals surface area contributed by atoms with E-state index in [4.69, 9.17) is 0 Å². The van der Waals surface area contributed by atoms with Gasteiger partial charge in [0.05, 0.1) is 18.7 Å². The van der Waals surface area contributed by atoms with Crippen molar-refractivity contribution in [2.24, 2.45) is 0 Å². The van der Waals surface area contributed by atoms with Gasteiger partial charge in [0, 0.05) is 18.7 Å². The fourth-order valence-corrected chi connectivity index (χ4v) is 4.87. The van der Waals surface area contributed by atoms with Gasteiger partial charge in [-0.25, -0.2) is 4.39 Å². The highest BCUT2D eigenvalue weighted by molar-refractivity contribution is 5.96. The van der Waals surface area contributed by atoms with Gasteiger partial charge in [-0.1, -0.05) is 42.5 Å². The molecule has 0 spiro atoms. The summed E-state index contributed by atoms with van der Waals surface area (Å²) in [5.74, 6) is -0.826. The molecule has 0 bridgehead atoms. The first-order chi connectivity index (χ1) is 15.6. The number of amides is 2. The lowest BCUT2D eigenvalue weighted by Gasteiger charge is -2.58. The first-order valence-corrected chi connectivity index (χ1v) is 10.5. The number of hydrogen-bond acceptors (Lipinski definition) is 4. The fraction of sp³-hybridized carbons (Fsp3) is 0.240. The number of nitrogens with zero attached hydrogens (tertiary/aromatic N) is 3. The minimum Gasteiger partial charge on any atom is -0.394 e. The molecule has 0 saturated carbocycles. The predicted molar refractivity (Wildman–Crippen MR) is 116 cm³/mol. The smallest absolute Gasteiger partial charge is 0.272 e. The molecule has 3 atom stereocenters. The highest BCUT2D eigenvalue weighted by Crippen LogP contribution is 2.43. The third kappa shape index (κ3) is 3.44. The molecule has 0 radical (unpaired) electrons. The molecule has 2 aliphatic rings. The van der Waals surface area contributed by atoms with Crippen molar-refractivity contribution >= 4 is 11.8 Å². The zero-order valence-corrected chi connectivity index (χ0v) is 17.3. The molecule has 5 rings (SSSR count). The van der Waals surface area contributed by atoms with Crippen molar-refractivity contribution in [2.45, 2.75) is 18.0 Å². The van der Waals surface area contributed by atoms with E-state index in [0.717, 1.165) is 16.7 Å². The number of fused-ring (bicyclic) bond motifs is 1. The molecule has 3 aromatic rings. The van der Waals surface area contributed by atoms with E-state index in [-0.39, 0.29) is 48.8 Å². The van der Waals surface area contributed by atoms with Gasteiger partial charge in [-0.15, -0.1) is 0 Å². The van der Waals surface area contributed by atoms with Crippen LogP contribution in [-0.4, -0.2) is 63.5 Å². The molecule has 6 nitrogen and oxygen atoms in total. The summed E-state index contributed by atoms with van der Waals surface area (Å²) in [7, 11) is 0. The molecule has 0 unspecified atom stereocenters. The Hall–Kier alpha value is -3.58. The second-order valence-electron chi connectivity index (χ2n) is 8.18. The van der Waals surface area contributed by atoms with E-state index in [1.54, 1.807) is 35.4 Å². The molecule has 2 saturated heterocycles. The maximum Gasteiger partial charge on any atom is 0.272 e. The molecule has 0 aliphatic carbocycles. The van der Waals surface area contributed by atoms with E-state index in [2.05, 4.69) is 4.98 Å². The van der Waals surface area contributed by atoms with Crippen LogP contribution in [0.1, 0.15) is 22.0 Å². The zero-order chi connectivity index (χ0) is 22.2. The number of rotatable bonds is 4. The Labute approximate surface area is 184 Å². The largest absolute Gasteiger partial charge is 0.394 e. The Balaban J connectivity index is 1.39. The van der Waals surface area contributed by atoms with E-state index in [1.165, 1.54) is 17.0 Å². The van der Waals surface area contributed by atoms with Gasteiger partial charge in [-0.2, -0.15) is 0 Å². The SMILES string of the molecule is O=C(c1ccccn1)N1CC(=O)N2[C@H](CO)[C@H](c3ccc(-c4cccc(F)c4)cc3)[C@@H]2C1. The van der Waals surface area contributed by atoms with Gasteiger partial charge in [0.25, 0.3) is 5.91 Å². The van der Waals surface area contributed by atoms with Crippen LogP contribution in [0.4, 0.5) is 4.39 Å². The van der Waals surface area contributed by atoms with E-state index < -0.39 is 0 Å². The van der Waals surface area contributed by atoms with Crippen LogP contribution in [0.2, 0.25) is 0 Å². The third-order valence-corrected chi connectivity index (χ3v) is 6.38. The summed E-state index contributed by atoms with van der Waals surface area (Å²) in [4.78, 5) is 33.0. The molecule has 2 aliphatic heterocycles. The van der Waals surface area contributed by atoms with Crippen molar-refractivity contribution in [1.82, 2.24) is 14.8 Å². The molecular weight excluding hydrogens is 409 g/mol. The van der Waals surface area contributed by atoms with Crippen LogP contribution in [0.3, 0.4) is 0 Å². The number of halogens is 1. The van der Waals surface area contributed by atoms with Crippen molar-refractivity contribution in [3.05, 3.63) is 90.0 Å². The predicted octanol–water partition coefficient (Wildman–Crippen LogP) is 2.70. The highest BCUT2D eigenvalue weighted by atomic mass is 19.1. The van der Waals surface area contributed by atoms with Gasteiger partial charge in [-0.3, -0.25) is 14.6 Å². The van der Waals surface area contributed by atoms with E-state index in [9.17, 15) is 19.1 Å². The lowest BCUT2D eigenvalue weighted by atomic mass is 9.73. The second-order valence-corrected chi connectivity index (χ2v) is 8.18. The number of carbonyl (C=O) groups is 2. The summed E-state index contributed by atoms with van der Waals surface area (Å²) in [5.41, 5.74) is 2.95. The number of aromatic nitrogens is 1. The average molecular weight is 431 g/mol.